The van der Waals surface area contributed by atoms with Crippen molar-refractivity contribution in [2.45, 2.75) is 43.0 Å². The maximum Gasteiger partial charge on any atom is 0.0311 e. The van der Waals surface area contributed by atoms with Crippen molar-refractivity contribution in [1.29, 1.82) is 0 Å². The minimum absolute atomic E-state index is 0.655. The van der Waals surface area contributed by atoms with Crippen molar-refractivity contribution in [3.05, 3.63) is 28.7 Å². The van der Waals surface area contributed by atoms with Gasteiger partial charge in [-0.2, -0.15) is 0 Å². The predicted molar refractivity (Wildman–Crippen MR) is 84.3 cm³/mol. The molecule has 1 saturated carbocycles. The van der Waals surface area contributed by atoms with Gasteiger partial charge in [0.1, 0.15) is 0 Å². The second-order valence-corrected chi connectivity index (χ2v) is 6.95. The summed E-state index contributed by atoms with van der Waals surface area (Å²) in [5, 5.41) is 3.53. The van der Waals surface area contributed by atoms with Gasteiger partial charge in [-0.3, -0.25) is 0 Å². The smallest absolute Gasteiger partial charge is 0.0311 e. The van der Waals surface area contributed by atoms with E-state index in [9.17, 15) is 0 Å². The van der Waals surface area contributed by atoms with Crippen LogP contribution in [0.15, 0.2) is 33.6 Å². The Morgan fingerprint density at radius 3 is 2.67 bits per heavy atom. The number of benzene rings is 1. The van der Waals surface area contributed by atoms with Crippen LogP contribution in [0.5, 0.6) is 0 Å². The van der Waals surface area contributed by atoms with Crippen LogP contribution in [0.25, 0.3) is 0 Å². The Labute approximate surface area is 123 Å². The third kappa shape index (κ3) is 4.01. The zero-order chi connectivity index (χ0) is 12.8. The first kappa shape index (κ1) is 14.4. The summed E-state index contributed by atoms with van der Waals surface area (Å²) in [6, 6.07) is 9.16. The molecule has 1 nitrogen and oxygen atoms in total. The highest BCUT2D eigenvalue weighted by Gasteiger charge is 2.22. The largest absolute Gasteiger partial charge is 0.316 e. The topological polar surface area (TPSA) is 12.0 Å². The van der Waals surface area contributed by atoms with Crippen molar-refractivity contribution < 1.29 is 0 Å². The highest BCUT2D eigenvalue weighted by molar-refractivity contribution is 9.10. The molecule has 0 spiro atoms. The second-order valence-electron chi connectivity index (χ2n) is 5.03. The normalized spacial score (nSPS) is 18.8. The molecular formula is C15H22BrNS. The van der Waals surface area contributed by atoms with Gasteiger partial charge in [0.15, 0.2) is 0 Å². The molecule has 1 aromatic rings. The van der Waals surface area contributed by atoms with E-state index in [1.54, 1.807) is 0 Å². The lowest BCUT2D eigenvalue weighted by molar-refractivity contribution is 0.294. The van der Waals surface area contributed by atoms with Crippen LogP contribution in [0.2, 0.25) is 0 Å². The summed E-state index contributed by atoms with van der Waals surface area (Å²) in [4.78, 5) is 1.36. The van der Waals surface area contributed by atoms with Gasteiger partial charge in [0.05, 0.1) is 0 Å². The number of halogens is 1. The van der Waals surface area contributed by atoms with Gasteiger partial charge in [-0.05, 0) is 53.9 Å². The van der Waals surface area contributed by atoms with E-state index < -0.39 is 0 Å². The Balaban J connectivity index is 1.88. The van der Waals surface area contributed by atoms with Crippen molar-refractivity contribution in [3.63, 3.8) is 0 Å². The van der Waals surface area contributed by atoms with Gasteiger partial charge in [0.2, 0.25) is 0 Å². The number of hydrogen-bond donors (Lipinski definition) is 1. The van der Waals surface area contributed by atoms with E-state index in [1.807, 2.05) is 11.8 Å². The Bertz CT molecular complexity index is 363. The molecule has 0 saturated heterocycles. The lowest BCUT2D eigenvalue weighted by atomic mass is 9.84. The molecule has 0 aliphatic heterocycles. The molecule has 0 radical (unpaired) electrons. The average Bonchev–Trinajstić information content (AvgIpc) is 2.42. The van der Waals surface area contributed by atoms with Crippen LogP contribution in [0.3, 0.4) is 0 Å². The number of thioether (sulfide) groups is 1. The summed E-state index contributed by atoms with van der Waals surface area (Å²) in [7, 11) is 2.11. The molecule has 1 aliphatic carbocycles. The van der Waals surface area contributed by atoms with Crippen molar-refractivity contribution in [2.75, 3.05) is 12.8 Å². The second kappa shape index (κ2) is 7.56. The van der Waals surface area contributed by atoms with Gasteiger partial charge in [0.25, 0.3) is 0 Å². The molecule has 1 fully saturated rings. The highest BCUT2D eigenvalue weighted by Crippen LogP contribution is 2.32. The quantitative estimate of drug-likeness (QED) is 0.786. The lowest BCUT2D eigenvalue weighted by Gasteiger charge is -2.29. The molecule has 1 atom stereocenters. The number of hydrogen-bond acceptors (Lipinski definition) is 2. The van der Waals surface area contributed by atoms with Crippen LogP contribution in [0.1, 0.15) is 32.1 Å². The van der Waals surface area contributed by atoms with E-state index in [0.29, 0.717) is 6.04 Å². The SMILES string of the molecule is CNC(CSc1ccccc1Br)C1CCCCC1. The van der Waals surface area contributed by atoms with E-state index in [1.165, 1.54) is 47.2 Å². The van der Waals surface area contributed by atoms with E-state index in [-0.39, 0.29) is 0 Å². The first-order valence-electron chi connectivity index (χ1n) is 6.86. The van der Waals surface area contributed by atoms with Crippen LogP contribution in [0.4, 0.5) is 0 Å². The van der Waals surface area contributed by atoms with E-state index in [2.05, 4.69) is 52.6 Å². The van der Waals surface area contributed by atoms with Crippen molar-refractivity contribution in [3.8, 4) is 0 Å². The molecule has 1 N–H and O–H groups in total. The van der Waals surface area contributed by atoms with Gasteiger partial charge in [-0.1, -0.05) is 31.4 Å². The maximum absolute atomic E-state index is 3.62. The van der Waals surface area contributed by atoms with Crippen LogP contribution in [-0.2, 0) is 0 Å². The Morgan fingerprint density at radius 1 is 1.28 bits per heavy atom. The third-order valence-electron chi connectivity index (χ3n) is 3.84. The number of nitrogens with one attached hydrogen (secondary N) is 1. The minimum Gasteiger partial charge on any atom is -0.316 e. The van der Waals surface area contributed by atoms with Crippen molar-refractivity contribution in [2.24, 2.45) is 5.92 Å². The minimum atomic E-state index is 0.655. The molecule has 1 aliphatic rings. The lowest BCUT2D eigenvalue weighted by Crippen LogP contribution is -2.36. The fourth-order valence-corrected chi connectivity index (χ4v) is 4.54. The van der Waals surface area contributed by atoms with Gasteiger partial charge in [-0.15, -0.1) is 11.8 Å². The van der Waals surface area contributed by atoms with E-state index in [0.717, 1.165) is 5.92 Å². The summed E-state index contributed by atoms with van der Waals surface area (Å²) in [6.45, 7) is 0. The van der Waals surface area contributed by atoms with Gasteiger partial charge >= 0.3 is 0 Å². The Kier molecular flexibility index (Phi) is 6.06. The van der Waals surface area contributed by atoms with E-state index >= 15 is 0 Å². The first-order chi connectivity index (χ1) is 8.81. The van der Waals surface area contributed by atoms with Crippen LogP contribution >= 0.6 is 27.7 Å². The van der Waals surface area contributed by atoms with Gasteiger partial charge in [-0.25, -0.2) is 0 Å². The summed E-state index contributed by atoms with van der Waals surface area (Å²) >= 11 is 5.59. The molecule has 1 aromatic carbocycles. The summed E-state index contributed by atoms with van der Waals surface area (Å²) in [6.07, 6.45) is 7.08. The summed E-state index contributed by atoms with van der Waals surface area (Å²) in [5.41, 5.74) is 0. The molecule has 100 valence electrons. The zero-order valence-corrected chi connectivity index (χ0v) is 13.4. The Hall–Kier alpha value is 0.01000. The summed E-state index contributed by atoms with van der Waals surface area (Å²) < 4.78 is 1.22. The van der Waals surface area contributed by atoms with Crippen LogP contribution in [0, 0.1) is 5.92 Å². The molecule has 1 unspecified atom stereocenters. The van der Waals surface area contributed by atoms with Crippen molar-refractivity contribution in [1.82, 2.24) is 5.32 Å². The number of rotatable bonds is 5. The molecule has 18 heavy (non-hydrogen) atoms. The molecule has 3 heteroatoms. The van der Waals surface area contributed by atoms with Crippen LogP contribution < -0.4 is 5.32 Å². The molecule has 2 rings (SSSR count). The van der Waals surface area contributed by atoms with Crippen LogP contribution in [-0.4, -0.2) is 18.8 Å². The molecule has 0 heterocycles. The maximum atomic E-state index is 3.62. The third-order valence-corrected chi connectivity index (χ3v) is 5.99. The zero-order valence-electron chi connectivity index (χ0n) is 11.0. The van der Waals surface area contributed by atoms with E-state index in [4.69, 9.17) is 0 Å². The standard InChI is InChI=1S/C15H22BrNS/c1-17-14(12-7-3-2-4-8-12)11-18-15-10-6-5-9-13(15)16/h5-6,9-10,12,14,17H,2-4,7-8,11H2,1H3. The summed E-state index contributed by atoms with van der Waals surface area (Å²) in [5.74, 6) is 2.04. The molecule has 0 aromatic heterocycles. The van der Waals surface area contributed by atoms with Gasteiger partial charge < -0.3 is 5.32 Å². The first-order valence-corrected chi connectivity index (χ1v) is 8.63. The average molecular weight is 328 g/mol. The highest BCUT2D eigenvalue weighted by atomic mass is 79.9. The predicted octanol–water partition coefficient (Wildman–Crippen LogP) is 4.71. The fourth-order valence-electron chi connectivity index (χ4n) is 2.73. The monoisotopic (exact) mass is 327 g/mol. The Morgan fingerprint density at radius 2 is 2.00 bits per heavy atom. The van der Waals surface area contributed by atoms with Crippen molar-refractivity contribution >= 4 is 27.7 Å². The van der Waals surface area contributed by atoms with Gasteiger partial charge in [0, 0.05) is 21.2 Å². The molecule has 0 amide bonds. The molecule has 0 bridgehead atoms. The molecular weight excluding hydrogens is 306 g/mol. The fraction of sp³-hybridized carbons (Fsp3) is 0.600.